The molecule has 0 amide bonds. The Bertz CT molecular complexity index is 744. The van der Waals surface area contributed by atoms with E-state index in [4.69, 9.17) is 11.6 Å². The molecule has 0 radical (unpaired) electrons. The highest BCUT2D eigenvalue weighted by molar-refractivity contribution is 6.16. The Morgan fingerprint density at radius 2 is 2.14 bits per heavy atom. The Labute approximate surface area is 128 Å². The van der Waals surface area contributed by atoms with Gasteiger partial charge >= 0.3 is 0 Å². The molecule has 0 aliphatic carbocycles. The lowest BCUT2D eigenvalue weighted by atomic mass is 10.2. The molecule has 21 heavy (non-hydrogen) atoms. The molecule has 5 nitrogen and oxygen atoms in total. The molecule has 0 N–H and O–H groups in total. The Kier molecular flexibility index (Phi) is 3.92. The Balaban J connectivity index is 1.98. The number of imidazole rings is 1. The molecule has 0 aliphatic heterocycles. The molecule has 3 rings (SSSR count). The molecular formula is C15H18ClN5. The third kappa shape index (κ3) is 2.53. The average Bonchev–Trinajstić information content (AvgIpc) is 3.03. The van der Waals surface area contributed by atoms with Crippen molar-refractivity contribution in [2.45, 2.75) is 32.2 Å². The fourth-order valence-corrected chi connectivity index (χ4v) is 2.84. The van der Waals surface area contributed by atoms with Gasteiger partial charge in [-0.15, -0.1) is 11.6 Å². The SMILES string of the molecule is CCc1nn(C)c2c1nc(CCl)n2CCc1ccccn1. The number of aryl methyl sites for hydroxylation is 4. The van der Waals surface area contributed by atoms with Crippen LogP contribution in [0.2, 0.25) is 0 Å². The molecular weight excluding hydrogens is 286 g/mol. The van der Waals surface area contributed by atoms with Crippen LogP contribution in [0.25, 0.3) is 11.2 Å². The van der Waals surface area contributed by atoms with Crippen molar-refractivity contribution >= 4 is 22.8 Å². The highest BCUT2D eigenvalue weighted by atomic mass is 35.5. The number of nitrogens with zero attached hydrogens (tertiary/aromatic N) is 5. The van der Waals surface area contributed by atoms with Crippen molar-refractivity contribution in [1.82, 2.24) is 24.3 Å². The second kappa shape index (κ2) is 5.85. The molecule has 0 fully saturated rings. The minimum absolute atomic E-state index is 0.403. The van der Waals surface area contributed by atoms with Crippen LogP contribution in [0.1, 0.15) is 24.1 Å². The lowest BCUT2D eigenvalue weighted by molar-refractivity contribution is 0.643. The summed E-state index contributed by atoms with van der Waals surface area (Å²) in [5.41, 5.74) is 4.10. The number of rotatable bonds is 5. The van der Waals surface area contributed by atoms with Gasteiger partial charge in [-0.3, -0.25) is 9.67 Å². The summed E-state index contributed by atoms with van der Waals surface area (Å²) in [6.07, 6.45) is 3.54. The van der Waals surface area contributed by atoms with Gasteiger partial charge in [0, 0.05) is 31.9 Å². The van der Waals surface area contributed by atoms with E-state index in [9.17, 15) is 0 Å². The molecule has 0 saturated carbocycles. The Morgan fingerprint density at radius 3 is 2.81 bits per heavy atom. The first-order valence-corrected chi connectivity index (χ1v) is 7.65. The lowest BCUT2D eigenvalue weighted by Gasteiger charge is -2.07. The molecule has 0 bridgehead atoms. The first kappa shape index (κ1) is 14.1. The van der Waals surface area contributed by atoms with Crippen LogP contribution in [0, 0.1) is 0 Å². The summed E-state index contributed by atoms with van der Waals surface area (Å²) in [4.78, 5) is 9.03. The predicted octanol–water partition coefficient (Wildman–Crippen LogP) is 2.71. The standard InChI is InChI=1S/C15H18ClN5/c1-3-12-14-15(20(2)19-12)21(13(10-16)18-14)9-7-11-6-4-5-8-17-11/h4-6,8H,3,7,9-10H2,1-2H3. The number of halogens is 1. The Morgan fingerprint density at radius 1 is 1.29 bits per heavy atom. The van der Waals surface area contributed by atoms with Gasteiger partial charge in [0.2, 0.25) is 0 Å². The number of hydrogen-bond donors (Lipinski definition) is 0. The van der Waals surface area contributed by atoms with Gasteiger partial charge in [0.1, 0.15) is 11.3 Å². The van der Waals surface area contributed by atoms with Crippen molar-refractivity contribution in [1.29, 1.82) is 0 Å². The zero-order valence-corrected chi connectivity index (χ0v) is 13.0. The molecule has 110 valence electrons. The largest absolute Gasteiger partial charge is 0.311 e. The summed E-state index contributed by atoms with van der Waals surface area (Å²) in [7, 11) is 1.96. The number of aromatic nitrogens is 5. The summed E-state index contributed by atoms with van der Waals surface area (Å²) >= 11 is 6.06. The first-order valence-electron chi connectivity index (χ1n) is 7.11. The van der Waals surface area contributed by atoms with E-state index in [0.29, 0.717) is 5.88 Å². The maximum Gasteiger partial charge on any atom is 0.158 e. The van der Waals surface area contributed by atoms with Crippen LogP contribution in [-0.2, 0) is 32.3 Å². The molecule has 0 aliphatic rings. The summed E-state index contributed by atoms with van der Waals surface area (Å²) in [6, 6.07) is 5.97. The third-order valence-electron chi connectivity index (χ3n) is 3.64. The van der Waals surface area contributed by atoms with Crippen LogP contribution in [-0.4, -0.2) is 24.3 Å². The average molecular weight is 304 g/mol. The molecule has 0 unspecified atom stereocenters. The molecule has 0 atom stereocenters. The van der Waals surface area contributed by atoms with Crippen molar-refractivity contribution in [2.75, 3.05) is 0 Å². The summed E-state index contributed by atoms with van der Waals surface area (Å²) in [6.45, 7) is 2.90. The third-order valence-corrected chi connectivity index (χ3v) is 3.88. The van der Waals surface area contributed by atoms with E-state index in [1.54, 1.807) is 0 Å². The predicted molar refractivity (Wildman–Crippen MR) is 83.4 cm³/mol. The van der Waals surface area contributed by atoms with E-state index in [1.807, 2.05) is 36.1 Å². The van der Waals surface area contributed by atoms with Gasteiger partial charge in [0.05, 0.1) is 11.6 Å². The van der Waals surface area contributed by atoms with Crippen molar-refractivity contribution in [3.8, 4) is 0 Å². The summed E-state index contributed by atoms with van der Waals surface area (Å²) in [5.74, 6) is 1.30. The molecule has 3 heterocycles. The fourth-order valence-electron chi connectivity index (χ4n) is 2.63. The zero-order valence-electron chi connectivity index (χ0n) is 12.3. The minimum Gasteiger partial charge on any atom is -0.311 e. The first-order chi connectivity index (χ1) is 10.2. The van der Waals surface area contributed by atoms with Crippen LogP contribution >= 0.6 is 11.6 Å². The number of hydrogen-bond acceptors (Lipinski definition) is 3. The molecule has 3 aromatic rings. The zero-order chi connectivity index (χ0) is 14.8. The van der Waals surface area contributed by atoms with Gasteiger partial charge < -0.3 is 4.57 Å². The van der Waals surface area contributed by atoms with Crippen molar-refractivity contribution < 1.29 is 0 Å². The van der Waals surface area contributed by atoms with Gasteiger partial charge in [0.15, 0.2) is 5.65 Å². The summed E-state index contributed by atoms with van der Waals surface area (Å²) in [5, 5.41) is 4.53. The van der Waals surface area contributed by atoms with Crippen LogP contribution in [0.5, 0.6) is 0 Å². The Hall–Kier alpha value is -1.88. The van der Waals surface area contributed by atoms with E-state index in [-0.39, 0.29) is 0 Å². The quantitative estimate of drug-likeness (QED) is 0.681. The van der Waals surface area contributed by atoms with Crippen molar-refractivity contribution in [3.63, 3.8) is 0 Å². The topological polar surface area (TPSA) is 48.5 Å². The monoisotopic (exact) mass is 303 g/mol. The maximum absolute atomic E-state index is 6.06. The molecule has 3 aromatic heterocycles. The van der Waals surface area contributed by atoms with Gasteiger partial charge in [-0.25, -0.2) is 4.98 Å². The summed E-state index contributed by atoms with van der Waals surface area (Å²) < 4.78 is 4.05. The van der Waals surface area contributed by atoms with Gasteiger partial charge in [0.25, 0.3) is 0 Å². The van der Waals surface area contributed by atoms with E-state index < -0.39 is 0 Å². The number of pyridine rings is 1. The second-order valence-electron chi connectivity index (χ2n) is 4.98. The van der Waals surface area contributed by atoms with E-state index in [1.165, 1.54) is 0 Å². The van der Waals surface area contributed by atoms with Crippen LogP contribution in [0.3, 0.4) is 0 Å². The fraction of sp³-hybridized carbons (Fsp3) is 0.400. The van der Waals surface area contributed by atoms with Crippen LogP contribution in [0.15, 0.2) is 24.4 Å². The van der Waals surface area contributed by atoms with Gasteiger partial charge in [-0.1, -0.05) is 13.0 Å². The van der Waals surface area contributed by atoms with Crippen LogP contribution < -0.4 is 0 Å². The van der Waals surface area contributed by atoms with E-state index >= 15 is 0 Å². The van der Waals surface area contributed by atoms with E-state index in [2.05, 4.69) is 26.6 Å². The molecule has 0 spiro atoms. The highest BCUT2D eigenvalue weighted by Gasteiger charge is 2.17. The number of fused-ring (bicyclic) bond motifs is 1. The second-order valence-corrected chi connectivity index (χ2v) is 5.25. The maximum atomic E-state index is 6.06. The van der Waals surface area contributed by atoms with Crippen molar-refractivity contribution in [3.05, 3.63) is 41.6 Å². The molecule has 0 aromatic carbocycles. The van der Waals surface area contributed by atoms with Gasteiger partial charge in [-0.05, 0) is 18.6 Å². The molecule has 6 heteroatoms. The normalized spacial score (nSPS) is 11.4. The van der Waals surface area contributed by atoms with Crippen LogP contribution in [0.4, 0.5) is 0 Å². The smallest absolute Gasteiger partial charge is 0.158 e. The lowest BCUT2D eigenvalue weighted by Crippen LogP contribution is -2.09. The van der Waals surface area contributed by atoms with Crippen molar-refractivity contribution in [2.24, 2.45) is 7.05 Å². The van der Waals surface area contributed by atoms with E-state index in [0.717, 1.165) is 47.8 Å². The molecule has 0 saturated heterocycles. The highest BCUT2D eigenvalue weighted by Crippen LogP contribution is 2.21. The van der Waals surface area contributed by atoms with Gasteiger partial charge in [-0.2, -0.15) is 5.10 Å². The minimum atomic E-state index is 0.403. The number of alkyl halides is 1.